The maximum atomic E-state index is 11.7. The minimum atomic E-state index is -0.917. The Labute approximate surface area is 185 Å². The van der Waals surface area contributed by atoms with Crippen molar-refractivity contribution in [3.05, 3.63) is 94.4 Å². The zero-order valence-corrected chi connectivity index (χ0v) is 17.5. The molecule has 4 atom stereocenters. The molecule has 2 N–H and O–H groups in total. The summed E-state index contributed by atoms with van der Waals surface area (Å²) in [6.45, 7) is 1.21. The molecule has 5 rings (SSSR count). The molecule has 0 radical (unpaired) electrons. The van der Waals surface area contributed by atoms with Gasteiger partial charge in [-0.2, -0.15) is 4.98 Å². The molecule has 0 aliphatic carbocycles. The normalized spacial score (nSPS) is 25.8. The quantitative estimate of drug-likeness (QED) is 0.578. The van der Waals surface area contributed by atoms with Gasteiger partial charge in [-0.3, -0.25) is 9.36 Å². The maximum Gasteiger partial charge on any atom is 0.302 e. The zero-order chi connectivity index (χ0) is 22.0. The van der Waals surface area contributed by atoms with E-state index in [1.54, 1.807) is 10.8 Å². The van der Waals surface area contributed by atoms with E-state index in [1.165, 1.54) is 6.07 Å². The van der Waals surface area contributed by atoms with E-state index in [4.69, 9.17) is 24.7 Å². The van der Waals surface area contributed by atoms with Gasteiger partial charge < -0.3 is 24.7 Å². The summed E-state index contributed by atoms with van der Waals surface area (Å²) in [4.78, 5) is 15.6. The van der Waals surface area contributed by atoms with Gasteiger partial charge >= 0.3 is 6.01 Å². The van der Waals surface area contributed by atoms with Crippen molar-refractivity contribution in [2.45, 2.75) is 37.3 Å². The molecular formula is C24H25N3O5. The smallest absolute Gasteiger partial charge is 0.302 e. The molecule has 0 amide bonds. The van der Waals surface area contributed by atoms with Crippen LogP contribution in [0.1, 0.15) is 17.4 Å². The van der Waals surface area contributed by atoms with Crippen LogP contribution in [-0.2, 0) is 27.4 Å². The second kappa shape index (κ2) is 8.84. The largest absolute Gasteiger partial charge is 0.453 e. The van der Waals surface area contributed by atoms with E-state index < -0.39 is 24.0 Å². The molecule has 1 saturated heterocycles. The van der Waals surface area contributed by atoms with Crippen LogP contribution >= 0.6 is 0 Å². The number of hydrogen-bond donors (Lipinski definition) is 1. The third kappa shape index (κ3) is 3.93. The number of aromatic nitrogens is 2. The second-order valence-corrected chi connectivity index (χ2v) is 8.01. The first-order chi connectivity index (χ1) is 15.7. The SMILES string of the molecule is NC[C@]1(COCc2ccccc2)O[C@@H]2[C@@H](Oc3nc(=O)ccn32)[C@@H]1OCc1ccccc1. The van der Waals surface area contributed by atoms with Crippen LogP contribution in [0.25, 0.3) is 0 Å². The van der Waals surface area contributed by atoms with Gasteiger partial charge in [-0.05, 0) is 11.1 Å². The average molecular weight is 435 g/mol. The Hall–Kier alpha value is -3.04. The molecule has 32 heavy (non-hydrogen) atoms. The van der Waals surface area contributed by atoms with Gasteiger partial charge in [0, 0.05) is 18.8 Å². The topological polar surface area (TPSA) is 97.8 Å². The van der Waals surface area contributed by atoms with Gasteiger partial charge in [-0.25, -0.2) is 0 Å². The van der Waals surface area contributed by atoms with E-state index in [-0.39, 0.29) is 24.7 Å². The third-order valence-electron chi connectivity index (χ3n) is 5.85. The predicted molar refractivity (Wildman–Crippen MR) is 116 cm³/mol. The molecule has 2 aliphatic rings. The molecule has 1 fully saturated rings. The predicted octanol–water partition coefficient (Wildman–Crippen LogP) is 2.03. The highest BCUT2D eigenvalue weighted by Crippen LogP contribution is 2.45. The highest BCUT2D eigenvalue weighted by Gasteiger charge is 2.60. The number of hydrogen-bond acceptors (Lipinski definition) is 7. The lowest BCUT2D eigenvalue weighted by Gasteiger charge is -2.34. The van der Waals surface area contributed by atoms with E-state index in [0.717, 1.165) is 11.1 Å². The van der Waals surface area contributed by atoms with Crippen molar-refractivity contribution >= 4 is 0 Å². The van der Waals surface area contributed by atoms with Crippen LogP contribution in [0.5, 0.6) is 6.01 Å². The van der Waals surface area contributed by atoms with E-state index in [9.17, 15) is 4.79 Å². The van der Waals surface area contributed by atoms with Gasteiger partial charge in [0.25, 0.3) is 5.56 Å². The van der Waals surface area contributed by atoms with Gasteiger partial charge in [0.1, 0.15) is 11.7 Å². The highest BCUT2D eigenvalue weighted by molar-refractivity contribution is 5.17. The summed E-state index contributed by atoms with van der Waals surface area (Å²) in [5, 5.41) is 0. The molecule has 0 spiro atoms. The fourth-order valence-corrected chi connectivity index (χ4v) is 4.22. The van der Waals surface area contributed by atoms with Crippen LogP contribution in [0.15, 0.2) is 77.7 Å². The summed E-state index contributed by atoms with van der Waals surface area (Å²) in [5.41, 5.74) is 7.04. The summed E-state index contributed by atoms with van der Waals surface area (Å²) in [6.07, 6.45) is 0.0889. The Balaban J connectivity index is 1.39. The van der Waals surface area contributed by atoms with E-state index in [1.807, 2.05) is 60.7 Å². The van der Waals surface area contributed by atoms with Gasteiger partial charge in [-0.1, -0.05) is 60.7 Å². The number of nitrogens with zero attached hydrogens (tertiary/aromatic N) is 2. The summed E-state index contributed by atoms with van der Waals surface area (Å²) >= 11 is 0. The first-order valence-electron chi connectivity index (χ1n) is 10.6. The van der Waals surface area contributed by atoms with E-state index >= 15 is 0 Å². The van der Waals surface area contributed by atoms with Gasteiger partial charge in [0.2, 0.25) is 0 Å². The van der Waals surface area contributed by atoms with Crippen molar-refractivity contribution in [2.24, 2.45) is 5.73 Å². The van der Waals surface area contributed by atoms with Crippen LogP contribution in [0.4, 0.5) is 0 Å². The maximum absolute atomic E-state index is 11.7. The number of benzene rings is 2. The lowest BCUT2D eigenvalue weighted by molar-refractivity contribution is -0.153. The number of ether oxygens (including phenoxy) is 4. The Kier molecular flexibility index (Phi) is 5.75. The Morgan fingerprint density at radius 1 is 1.00 bits per heavy atom. The van der Waals surface area contributed by atoms with E-state index in [2.05, 4.69) is 4.98 Å². The van der Waals surface area contributed by atoms with Gasteiger partial charge in [0.05, 0.1) is 19.8 Å². The van der Waals surface area contributed by atoms with Crippen molar-refractivity contribution in [1.29, 1.82) is 0 Å². The minimum absolute atomic E-state index is 0.181. The lowest BCUT2D eigenvalue weighted by Crippen LogP contribution is -2.54. The second-order valence-electron chi connectivity index (χ2n) is 8.01. The summed E-state index contributed by atoms with van der Waals surface area (Å²) in [5.74, 6) is 0. The van der Waals surface area contributed by atoms with Crippen LogP contribution in [-0.4, -0.2) is 40.5 Å². The van der Waals surface area contributed by atoms with Crippen LogP contribution in [0.2, 0.25) is 0 Å². The average Bonchev–Trinajstić information content (AvgIpc) is 3.31. The molecule has 0 bridgehead atoms. The number of nitrogens with two attached hydrogens (primary N) is 1. The summed E-state index contributed by atoms with van der Waals surface area (Å²) in [7, 11) is 0. The molecule has 3 aromatic rings. The third-order valence-corrected chi connectivity index (χ3v) is 5.85. The van der Waals surface area contributed by atoms with Crippen molar-refractivity contribution < 1.29 is 18.9 Å². The summed E-state index contributed by atoms with van der Waals surface area (Å²) < 4.78 is 26.6. The molecule has 166 valence electrons. The fourth-order valence-electron chi connectivity index (χ4n) is 4.22. The van der Waals surface area contributed by atoms with Gasteiger partial charge in [-0.15, -0.1) is 0 Å². The Bertz CT molecular complexity index is 1110. The van der Waals surface area contributed by atoms with Crippen LogP contribution in [0, 0.1) is 0 Å². The molecule has 8 nitrogen and oxygen atoms in total. The molecule has 0 unspecified atom stereocenters. The first-order valence-corrected chi connectivity index (χ1v) is 10.6. The minimum Gasteiger partial charge on any atom is -0.453 e. The first kappa shape index (κ1) is 20.8. The van der Waals surface area contributed by atoms with E-state index in [0.29, 0.717) is 13.2 Å². The van der Waals surface area contributed by atoms with Crippen molar-refractivity contribution in [3.8, 4) is 6.01 Å². The number of rotatable bonds is 8. The molecule has 0 saturated carbocycles. The lowest BCUT2D eigenvalue weighted by atomic mass is 9.95. The van der Waals surface area contributed by atoms with Gasteiger partial charge in [0.15, 0.2) is 12.3 Å². The molecule has 3 heterocycles. The molecule has 8 heteroatoms. The number of fused-ring (bicyclic) bond motifs is 3. The Morgan fingerprint density at radius 2 is 1.69 bits per heavy atom. The summed E-state index contributed by atoms with van der Waals surface area (Å²) in [6, 6.07) is 21.4. The molecule has 2 aromatic carbocycles. The fraction of sp³-hybridized carbons (Fsp3) is 0.333. The van der Waals surface area contributed by atoms with Crippen LogP contribution in [0.3, 0.4) is 0 Å². The van der Waals surface area contributed by atoms with Crippen molar-refractivity contribution in [2.75, 3.05) is 13.2 Å². The standard InChI is InChI=1S/C24H25N3O5/c25-15-24(16-29-13-17-7-3-1-4-8-17)21(30-14-18-9-5-2-6-10-18)20-22(32-24)27-12-11-19(28)26-23(27)31-20/h1-12,20-22H,13-16,25H2/t20-,21-,22+,24+/m0/s1. The van der Waals surface area contributed by atoms with Crippen molar-refractivity contribution in [1.82, 2.24) is 9.55 Å². The monoisotopic (exact) mass is 435 g/mol. The molecular weight excluding hydrogens is 410 g/mol. The van der Waals surface area contributed by atoms with Crippen molar-refractivity contribution in [3.63, 3.8) is 0 Å². The zero-order valence-electron chi connectivity index (χ0n) is 17.5. The van der Waals surface area contributed by atoms with Crippen LogP contribution < -0.4 is 16.0 Å². The molecule has 1 aromatic heterocycles. The molecule has 2 aliphatic heterocycles. The Morgan fingerprint density at radius 3 is 2.38 bits per heavy atom. The highest BCUT2D eigenvalue weighted by atomic mass is 16.7.